The SMILES string of the molecule is COc1nccc2cc[nH]c12. The zero-order chi connectivity index (χ0) is 7.68. The van der Waals surface area contributed by atoms with Gasteiger partial charge in [0.2, 0.25) is 5.88 Å². The van der Waals surface area contributed by atoms with Crippen molar-refractivity contribution in [3.63, 3.8) is 0 Å². The van der Waals surface area contributed by atoms with Crippen molar-refractivity contribution >= 4 is 10.9 Å². The Morgan fingerprint density at radius 2 is 2.36 bits per heavy atom. The maximum atomic E-state index is 5.04. The molecule has 0 aliphatic carbocycles. The molecule has 2 heterocycles. The van der Waals surface area contributed by atoms with E-state index in [1.165, 1.54) is 0 Å². The van der Waals surface area contributed by atoms with Crippen LogP contribution in [-0.2, 0) is 0 Å². The third-order valence-corrected chi connectivity index (χ3v) is 1.63. The Bertz CT molecular complexity index is 367. The summed E-state index contributed by atoms with van der Waals surface area (Å²) in [5.41, 5.74) is 0.954. The number of rotatable bonds is 1. The molecule has 0 saturated heterocycles. The van der Waals surface area contributed by atoms with Crippen molar-refractivity contribution in [1.82, 2.24) is 9.97 Å². The van der Waals surface area contributed by atoms with Gasteiger partial charge in [0, 0.05) is 17.8 Å². The standard InChI is InChI=1S/C8H8N2O/c1-11-8-7-6(2-4-9-7)3-5-10-8/h2-5,9H,1H3. The van der Waals surface area contributed by atoms with E-state index >= 15 is 0 Å². The van der Waals surface area contributed by atoms with Gasteiger partial charge < -0.3 is 9.72 Å². The molecule has 0 bridgehead atoms. The van der Waals surface area contributed by atoms with Gasteiger partial charge in [0.15, 0.2) is 0 Å². The fourth-order valence-corrected chi connectivity index (χ4v) is 1.11. The molecule has 0 fully saturated rings. The normalized spacial score (nSPS) is 10.3. The predicted octanol–water partition coefficient (Wildman–Crippen LogP) is 1.57. The predicted molar refractivity (Wildman–Crippen MR) is 42.6 cm³/mol. The molecule has 0 aromatic carbocycles. The van der Waals surface area contributed by atoms with E-state index in [-0.39, 0.29) is 0 Å². The van der Waals surface area contributed by atoms with Gasteiger partial charge in [-0.2, -0.15) is 0 Å². The second-order valence-corrected chi connectivity index (χ2v) is 2.26. The number of fused-ring (bicyclic) bond motifs is 1. The van der Waals surface area contributed by atoms with Crippen LogP contribution in [0.2, 0.25) is 0 Å². The van der Waals surface area contributed by atoms with E-state index in [0.717, 1.165) is 10.9 Å². The van der Waals surface area contributed by atoms with Gasteiger partial charge in [-0.25, -0.2) is 4.98 Å². The molecular weight excluding hydrogens is 140 g/mol. The first-order chi connectivity index (χ1) is 5.42. The summed E-state index contributed by atoms with van der Waals surface area (Å²) in [7, 11) is 1.61. The molecule has 0 amide bonds. The van der Waals surface area contributed by atoms with E-state index in [2.05, 4.69) is 9.97 Å². The smallest absolute Gasteiger partial charge is 0.238 e. The van der Waals surface area contributed by atoms with E-state index in [0.29, 0.717) is 5.88 Å². The molecule has 2 rings (SSSR count). The summed E-state index contributed by atoms with van der Waals surface area (Å²) in [5.74, 6) is 0.646. The van der Waals surface area contributed by atoms with Gasteiger partial charge in [0.1, 0.15) is 5.52 Å². The van der Waals surface area contributed by atoms with Gasteiger partial charge in [0.05, 0.1) is 7.11 Å². The Morgan fingerprint density at radius 3 is 3.18 bits per heavy atom. The Morgan fingerprint density at radius 1 is 1.45 bits per heavy atom. The highest BCUT2D eigenvalue weighted by Crippen LogP contribution is 2.19. The Kier molecular flexibility index (Phi) is 1.28. The van der Waals surface area contributed by atoms with Gasteiger partial charge in [-0.15, -0.1) is 0 Å². The van der Waals surface area contributed by atoms with Crippen LogP contribution >= 0.6 is 0 Å². The van der Waals surface area contributed by atoms with Crippen molar-refractivity contribution in [2.75, 3.05) is 7.11 Å². The number of hydrogen-bond acceptors (Lipinski definition) is 2. The third-order valence-electron chi connectivity index (χ3n) is 1.63. The largest absolute Gasteiger partial charge is 0.479 e. The first-order valence-electron chi connectivity index (χ1n) is 3.38. The molecule has 2 aromatic heterocycles. The topological polar surface area (TPSA) is 37.9 Å². The highest BCUT2D eigenvalue weighted by Gasteiger charge is 2.00. The first kappa shape index (κ1) is 6.22. The average molecular weight is 148 g/mol. The summed E-state index contributed by atoms with van der Waals surface area (Å²) in [6.45, 7) is 0. The van der Waals surface area contributed by atoms with E-state index in [9.17, 15) is 0 Å². The maximum Gasteiger partial charge on any atom is 0.238 e. The highest BCUT2D eigenvalue weighted by atomic mass is 16.5. The number of methoxy groups -OCH3 is 1. The van der Waals surface area contributed by atoms with Gasteiger partial charge in [-0.1, -0.05) is 0 Å². The molecule has 3 nitrogen and oxygen atoms in total. The minimum absolute atomic E-state index is 0.646. The minimum Gasteiger partial charge on any atom is -0.479 e. The minimum atomic E-state index is 0.646. The lowest BCUT2D eigenvalue weighted by Crippen LogP contribution is -1.86. The van der Waals surface area contributed by atoms with Crippen molar-refractivity contribution < 1.29 is 4.74 Å². The second kappa shape index (κ2) is 2.27. The number of ether oxygens (including phenoxy) is 1. The highest BCUT2D eigenvalue weighted by molar-refractivity contribution is 5.83. The van der Waals surface area contributed by atoms with Crippen molar-refractivity contribution in [1.29, 1.82) is 0 Å². The first-order valence-corrected chi connectivity index (χ1v) is 3.38. The Hall–Kier alpha value is -1.51. The van der Waals surface area contributed by atoms with Gasteiger partial charge in [-0.3, -0.25) is 0 Å². The van der Waals surface area contributed by atoms with Crippen molar-refractivity contribution in [2.45, 2.75) is 0 Å². The molecule has 1 N–H and O–H groups in total. The monoisotopic (exact) mass is 148 g/mol. The van der Waals surface area contributed by atoms with Crippen LogP contribution in [0.1, 0.15) is 0 Å². The number of aromatic nitrogens is 2. The zero-order valence-electron chi connectivity index (χ0n) is 6.16. The van der Waals surface area contributed by atoms with Crippen LogP contribution in [0.3, 0.4) is 0 Å². The van der Waals surface area contributed by atoms with Crippen LogP contribution in [0.15, 0.2) is 24.5 Å². The molecule has 0 unspecified atom stereocenters. The lowest BCUT2D eigenvalue weighted by molar-refractivity contribution is 0.402. The molecular formula is C8H8N2O. The van der Waals surface area contributed by atoms with Crippen LogP contribution in [0.25, 0.3) is 10.9 Å². The van der Waals surface area contributed by atoms with Crippen molar-refractivity contribution in [3.8, 4) is 5.88 Å². The second-order valence-electron chi connectivity index (χ2n) is 2.26. The lowest BCUT2D eigenvalue weighted by Gasteiger charge is -1.97. The molecule has 0 atom stereocenters. The van der Waals surface area contributed by atoms with Gasteiger partial charge in [0.25, 0.3) is 0 Å². The zero-order valence-corrected chi connectivity index (χ0v) is 6.16. The molecule has 3 heteroatoms. The summed E-state index contributed by atoms with van der Waals surface area (Å²) in [5, 5.41) is 1.12. The molecule has 56 valence electrons. The molecule has 2 aromatic rings. The molecule has 0 radical (unpaired) electrons. The Balaban J connectivity index is 2.79. The molecule has 0 spiro atoms. The van der Waals surface area contributed by atoms with E-state index < -0.39 is 0 Å². The van der Waals surface area contributed by atoms with E-state index in [1.807, 2.05) is 18.3 Å². The van der Waals surface area contributed by atoms with Crippen LogP contribution in [0, 0.1) is 0 Å². The van der Waals surface area contributed by atoms with Gasteiger partial charge in [-0.05, 0) is 12.1 Å². The maximum absolute atomic E-state index is 5.04. The number of hydrogen-bond donors (Lipinski definition) is 1. The van der Waals surface area contributed by atoms with E-state index in [1.54, 1.807) is 13.3 Å². The van der Waals surface area contributed by atoms with Crippen LogP contribution in [0.5, 0.6) is 5.88 Å². The molecule has 0 aliphatic heterocycles. The van der Waals surface area contributed by atoms with Crippen LogP contribution < -0.4 is 4.74 Å². The summed E-state index contributed by atoms with van der Waals surface area (Å²) in [6.07, 6.45) is 3.60. The van der Waals surface area contributed by atoms with Crippen molar-refractivity contribution in [2.24, 2.45) is 0 Å². The number of nitrogens with zero attached hydrogens (tertiary/aromatic N) is 1. The van der Waals surface area contributed by atoms with E-state index in [4.69, 9.17) is 4.74 Å². The quantitative estimate of drug-likeness (QED) is 0.666. The fraction of sp³-hybridized carbons (Fsp3) is 0.125. The fourth-order valence-electron chi connectivity index (χ4n) is 1.11. The number of H-pyrrole nitrogens is 1. The number of aromatic amines is 1. The summed E-state index contributed by atoms with van der Waals surface area (Å²) in [4.78, 5) is 7.10. The molecule has 0 aliphatic rings. The van der Waals surface area contributed by atoms with Gasteiger partial charge >= 0.3 is 0 Å². The lowest BCUT2D eigenvalue weighted by atomic mass is 10.3. The number of nitrogens with one attached hydrogen (secondary N) is 1. The summed E-state index contributed by atoms with van der Waals surface area (Å²) < 4.78 is 5.04. The summed E-state index contributed by atoms with van der Waals surface area (Å²) in [6, 6.07) is 3.92. The van der Waals surface area contributed by atoms with Crippen LogP contribution in [0.4, 0.5) is 0 Å². The Labute approximate surface area is 64.0 Å². The number of pyridine rings is 1. The summed E-state index contributed by atoms with van der Waals surface area (Å²) >= 11 is 0. The average Bonchev–Trinajstić information content (AvgIpc) is 2.50. The van der Waals surface area contributed by atoms with Crippen LogP contribution in [-0.4, -0.2) is 17.1 Å². The molecule has 0 saturated carbocycles. The molecule has 11 heavy (non-hydrogen) atoms. The van der Waals surface area contributed by atoms with Crippen molar-refractivity contribution in [3.05, 3.63) is 24.5 Å². The third kappa shape index (κ3) is 0.852.